The lowest BCUT2D eigenvalue weighted by Crippen LogP contribution is -1.98. The summed E-state index contributed by atoms with van der Waals surface area (Å²) >= 11 is 3.01. The highest BCUT2D eigenvalue weighted by Gasteiger charge is 2.19. The summed E-state index contributed by atoms with van der Waals surface area (Å²) in [5, 5.41) is 6.08. The molecule has 0 bridgehead atoms. The number of carbonyl (C=O) groups excluding carboxylic acids is 1. The van der Waals surface area contributed by atoms with Crippen molar-refractivity contribution in [3.8, 4) is 5.75 Å². The maximum Gasteiger partial charge on any atom is 0.176 e. The zero-order chi connectivity index (χ0) is 13.1. The minimum atomic E-state index is -0.0417. The van der Waals surface area contributed by atoms with Crippen molar-refractivity contribution in [2.24, 2.45) is 0 Å². The van der Waals surface area contributed by atoms with E-state index in [9.17, 15) is 4.79 Å². The number of thiophene rings is 2. The standard InChI is InChI=1S/C12H14N2O2S2/c1-7(15)11-9(13)10(16-2)12(18-11)14-6-8-4-3-5-17-8/h3-5,14H,6,13H2,1-2H3. The van der Waals surface area contributed by atoms with Crippen molar-refractivity contribution in [3.05, 3.63) is 27.3 Å². The Morgan fingerprint density at radius 1 is 1.56 bits per heavy atom. The number of Topliss-reactive ketones (excluding diaryl/α,β-unsaturated/α-hetero) is 1. The molecule has 0 radical (unpaired) electrons. The lowest BCUT2D eigenvalue weighted by molar-refractivity contribution is 0.102. The summed E-state index contributed by atoms with van der Waals surface area (Å²) in [6.07, 6.45) is 0. The van der Waals surface area contributed by atoms with Crippen LogP contribution in [0.2, 0.25) is 0 Å². The number of hydrogen-bond donors (Lipinski definition) is 2. The number of nitrogen functional groups attached to an aromatic ring is 1. The molecule has 2 heterocycles. The van der Waals surface area contributed by atoms with Crippen LogP contribution in [0.4, 0.5) is 10.7 Å². The van der Waals surface area contributed by atoms with E-state index in [0.29, 0.717) is 22.9 Å². The number of carbonyl (C=O) groups is 1. The number of anilines is 2. The molecule has 0 unspecified atom stereocenters. The van der Waals surface area contributed by atoms with Gasteiger partial charge in [-0.05, 0) is 11.4 Å². The minimum absolute atomic E-state index is 0.0417. The van der Waals surface area contributed by atoms with Gasteiger partial charge in [-0.1, -0.05) is 6.07 Å². The van der Waals surface area contributed by atoms with Crippen molar-refractivity contribution in [1.82, 2.24) is 0 Å². The third-order valence-corrected chi connectivity index (χ3v) is 4.55. The first-order valence-electron chi connectivity index (χ1n) is 5.37. The van der Waals surface area contributed by atoms with Crippen LogP contribution >= 0.6 is 22.7 Å². The van der Waals surface area contributed by atoms with Crippen molar-refractivity contribution in [1.29, 1.82) is 0 Å². The average Bonchev–Trinajstić information content (AvgIpc) is 2.93. The van der Waals surface area contributed by atoms with Crippen molar-refractivity contribution >= 4 is 39.1 Å². The third kappa shape index (κ3) is 2.49. The monoisotopic (exact) mass is 282 g/mol. The van der Waals surface area contributed by atoms with E-state index in [1.807, 2.05) is 17.5 Å². The molecule has 0 aliphatic heterocycles. The number of rotatable bonds is 5. The molecule has 0 saturated heterocycles. The van der Waals surface area contributed by atoms with Crippen molar-refractivity contribution < 1.29 is 9.53 Å². The number of nitrogens with one attached hydrogen (secondary N) is 1. The van der Waals surface area contributed by atoms with Crippen LogP contribution in [0.5, 0.6) is 5.75 Å². The number of ether oxygens (including phenoxy) is 1. The Balaban J connectivity index is 2.21. The molecule has 0 amide bonds. The molecule has 2 aromatic heterocycles. The molecule has 0 atom stereocenters. The van der Waals surface area contributed by atoms with Gasteiger partial charge in [-0.25, -0.2) is 0 Å². The quantitative estimate of drug-likeness (QED) is 0.826. The fraction of sp³-hybridized carbons (Fsp3) is 0.250. The SMILES string of the molecule is COc1c(NCc2cccs2)sc(C(C)=O)c1N. The minimum Gasteiger partial charge on any atom is -0.492 e. The number of ketones is 1. The molecule has 0 aliphatic carbocycles. The van der Waals surface area contributed by atoms with E-state index < -0.39 is 0 Å². The van der Waals surface area contributed by atoms with Gasteiger partial charge in [0.1, 0.15) is 5.00 Å². The second kappa shape index (κ2) is 5.41. The Kier molecular flexibility index (Phi) is 3.88. The van der Waals surface area contributed by atoms with E-state index in [2.05, 4.69) is 5.32 Å². The Morgan fingerprint density at radius 2 is 2.33 bits per heavy atom. The molecule has 2 rings (SSSR count). The van der Waals surface area contributed by atoms with E-state index in [-0.39, 0.29) is 5.78 Å². The van der Waals surface area contributed by atoms with E-state index in [0.717, 1.165) is 5.00 Å². The molecule has 96 valence electrons. The summed E-state index contributed by atoms with van der Waals surface area (Å²) in [6, 6.07) is 4.05. The van der Waals surface area contributed by atoms with Gasteiger partial charge in [0.05, 0.1) is 24.2 Å². The van der Waals surface area contributed by atoms with Crippen LogP contribution in [0.25, 0.3) is 0 Å². The van der Waals surface area contributed by atoms with Crippen LogP contribution in [0.1, 0.15) is 21.5 Å². The molecule has 0 fully saturated rings. The zero-order valence-corrected chi connectivity index (χ0v) is 11.8. The second-order valence-corrected chi connectivity index (χ2v) is 5.75. The third-order valence-electron chi connectivity index (χ3n) is 2.43. The highest BCUT2D eigenvalue weighted by atomic mass is 32.1. The van der Waals surface area contributed by atoms with E-state index >= 15 is 0 Å². The molecule has 0 aliphatic rings. The molecule has 0 saturated carbocycles. The van der Waals surface area contributed by atoms with Gasteiger partial charge in [0.2, 0.25) is 0 Å². The Labute approximate surface area is 113 Å². The molecule has 0 spiro atoms. The summed E-state index contributed by atoms with van der Waals surface area (Å²) in [6.45, 7) is 2.20. The fourth-order valence-electron chi connectivity index (χ4n) is 1.59. The van der Waals surface area contributed by atoms with Crippen molar-refractivity contribution in [2.75, 3.05) is 18.2 Å². The second-order valence-electron chi connectivity index (χ2n) is 3.70. The van der Waals surface area contributed by atoms with Gasteiger partial charge < -0.3 is 15.8 Å². The van der Waals surface area contributed by atoms with E-state index in [4.69, 9.17) is 10.5 Å². The highest BCUT2D eigenvalue weighted by molar-refractivity contribution is 7.19. The first kappa shape index (κ1) is 12.9. The van der Waals surface area contributed by atoms with Gasteiger partial charge in [-0.2, -0.15) is 0 Å². The van der Waals surface area contributed by atoms with Crippen LogP contribution in [-0.2, 0) is 6.54 Å². The molecular weight excluding hydrogens is 268 g/mol. The number of nitrogens with two attached hydrogens (primary N) is 1. The van der Waals surface area contributed by atoms with Crippen molar-refractivity contribution in [3.63, 3.8) is 0 Å². The normalized spacial score (nSPS) is 10.3. The summed E-state index contributed by atoms with van der Waals surface area (Å²) in [7, 11) is 1.55. The van der Waals surface area contributed by atoms with Crippen LogP contribution in [-0.4, -0.2) is 12.9 Å². The summed E-state index contributed by atoms with van der Waals surface area (Å²) in [5.41, 5.74) is 6.31. The largest absolute Gasteiger partial charge is 0.492 e. The zero-order valence-electron chi connectivity index (χ0n) is 10.1. The smallest absolute Gasteiger partial charge is 0.176 e. The number of methoxy groups -OCH3 is 1. The van der Waals surface area contributed by atoms with Crippen molar-refractivity contribution in [2.45, 2.75) is 13.5 Å². The maximum atomic E-state index is 11.4. The molecule has 4 nitrogen and oxygen atoms in total. The van der Waals surface area contributed by atoms with Crippen LogP contribution in [0.15, 0.2) is 17.5 Å². The number of hydrogen-bond acceptors (Lipinski definition) is 6. The molecule has 6 heteroatoms. The Bertz CT molecular complexity index is 547. The summed E-state index contributed by atoms with van der Waals surface area (Å²) in [4.78, 5) is 13.2. The van der Waals surface area contributed by atoms with Gasteiger partial charge in [-0.15, -0.1) is 22.7 Å². The van der Waals surface area contributed by atoms with E-state index in [1.165, 1.54) is 23.1 Å². The topological polar surface area (TPSA) is 64.3 Å². The predicted molar refractivity (Wildman–Crippen MR) is 76.9 cm³/mol. The first-order chi connectivity index (χ1) is 8.63. The molecular formula is C12H14N2O2S2. The Morgan fingerprint density at radius 3 is 2.89 bits per heavy atom. The molecule has 2 aromatic rings. The Hall–Kier alpha value is -1.53. The average molecular weight is 282 g/mol. The lowest BCUT2D eigenvalue weighted by Gasteiger charge is -2.05. The lowest BCUT2D eigenvalue weighted by atomic mass is 10.3. The van der Waals surface area contributed by atoms with Crippen LogP contribution < -0.4 is 15.8 Å². The maximum absolute atomic E-state index is 11.4. The highest BCUT2D eigenvalue weighted by Crippen LogP contribution is 2.42. The predicted octanol–water partition coefficient (Wildman–Crippen LogP) is 3.22. The van der Waals surface area contributed by atoms with Crippen LogP contribution in [0.3, 0.4) is 0 Å². The van der Waals surface area contributed by atoms with Gasteiger partial charge in [0.25, 0.3) is 0 Å². The van der Waals surface area contributed by atoms with Gasteiger partial charge in [0.15, 0.2) is 11.5 Å². The van der Waals surface area contributed by atoms with Gasteiger partial charge in [-0.3, -0.25) is 4.79 Å². The molecule has 0 aromatic carbocycles. The van der Waals surface area contributed by atoms with Crippen LogP contribution in [0, 0.1) is 0 Å². The summed E-state index contributed by atoms with van der Waals surface area (Å²) < 4.78 is 5.25. The first-order valence-corrected chi connectivity index (χ1v) is 7.06. The molecule has 18 heavy (non-hydrogen) atoms. The van der Waals surface area contributed by atoms with Gasteiger partial charge in [0, 0.05) is 11.8 Å². The summed E-state index contributed by atoms with van der Waals surface area (Å²) in [5.74, 6) is 0.515. The van der Waals surface area contributed by atoms with E-state index in [1.54, 1.807) is 18.4 Å². The fourth-order valence-corrected chi connectivity index (χ4v) is 3.22. The van der Waals surface area contributed by atoms with Gasteiger partial charge >= 0.3 is 0 Å². The molecule has 3 N–H and O–H groups in total.